The van der Waals surface area contributed by atoms with Gasteiger partial charge in [-0.1, -0.05) is 44.2 Å². The maximum absolute atomic E-state index is 8.92. The highest BCUT2D eigenvalue weighted by Gasteiger charge is 2.15. The predicted octanol–water partition coefficient (Wildman–Crippen LogP) is 3.04. The highest BCUT2D eigenvalue weighted by molar-refractivity contribution is 5.70. The van der Waals surface area contributed by atoms with Crippen molar-refractivity contribution in [3.8, 4) is 0 Å². The van der Waals surface area contributed by atoms with Crippen molar-refractivity contribution in [1.82, 2.24) is 19.8 Å². The van der Waals surface area contributed by atoms with Gasteiger partial charge in [-0.05, 0) is 18.4 Å². The zero-order valence-electron chi connectivity index (χ0n) is 15.3. The molecule has 3 rings (SSSR count). The van der Waals surface area contributed by atoms with E-state index < -0.39 is 0 Å². The Hall–Kier alpha value is -2.67. The van der Waals surface area contributed by atoms with Crippen LogP contribution in [0.2, 0.25) is 0 Å². The molecule has 0 aliphatic carbocycles. The number of anilines is 2. The zero-order chi connectivity index (χ0) is 18.4. The Morgan fingerprint density at radius 2 is 1.88 bits per heavy atom. The zero-order valence-corrected chi connectivity index (χ0v) is 15.3. The van der Waals surface area contributed by atoms with E-state index in [4.69, 9.17) is 5.11 Å². The van der Waals surface area contributed by atoms with Gasteiger partial charge in [0.05, 0.1) is 5.69 Å². The Kier molecular flexibility index (Phi) is 6.01. The molecule has 7 nitrogen and oxygen atoms in total. The summed E-state index contributed by atoms with van der Waals surface area (Å²) in [5.41, 5.74) is 2.82. The Balaban J connectivity index is 1.86. The van der Waals surface area contributed by atoms with Crippen LogP contribution in [-0.4, -0.2) is 38.1 Å². The van der Waals surface area contributed by atoms with Gasteiger partial charge in [-0.15, -0.1) is 15.3 Å². The van der Waals surface area contributed by atoms with Crippen molar-refractivity contribution in [2.45, 2.75) is 39.2 Å². The molecule has 7 heteroatoms. The van der Waals surface area contributed by atoms with Gasteiger partial charge in [0.1, 0.15) is 5.82 Å². The van der Waals surface area contributed by atoms with Crippen molar-refractivity contribution < 1.29 is 5.11 Å². The normalized spacial score (nSPS) is 11.2. The van der Waals surface area contributed by atoms with E-state index in [1.165, 1.54) is 5.56 Å². The molecule has 0 saturated carbocycles. The highest BCUT2D eigenvalue weighted by Crippen LogP contribution is 2.22. The van der Waals surface area contributed by atoms with E-state index in [9.17, 15) is 0 Å². The molecule has 3 N–H and O–H groups in total. The lowest BCUT2D eigenvalue weighted by Gasteiger charge is -2.12. The number of aromatic nitrogens is 4. The third-order valence-electron chi connectivity index (χ3n) is 4.13. The summed E-state index contributed by atoms with van der Waals surface area (Å²) >= 11 is 0. The molecule has 2 heterocycles. The van der Waals surface area contributed by atoms with Crippen LogP contribution in [0.15, 0.2) is 36.4 Å². The van der Waals surface area contributed by atoms with Crippen molar-refractivity contribution in [2.24, 2.45) is 0 Å². The Labute approximate surface area is 153 Å². The maximum Gasteiger partial charge on any atom is 0.201 e. The summed E-state index contributed by atoms with van der Waals surface area (Å²) in [4.78, 5) is 0. The van der Waals surface area contributed by atoms with E-state index in [2.05, 4.69) is 51.9 Å². The van der Waals surface area contributed by atoms with Gasteiger partial charge in [0.25, 0.3) is 0 Å². The lowest BCUT2D eigenvalue weighted by Crippen LogP contribution is -2.10. The van der Waals surface area contributed by atoms with Gasteiger partial charge >= 0.3 is 0 Å². The summed E-state index contributed by atoms with van der Waals surface area (Å²) in [5.74, 6) is 1.83. The van der Waals surface area contributed by atoms with E-state index in [0.29, 0.717) is 6.54 Å². The minimum absolute atomic E-state index is 0.209. The molecule has 0 atom stereocenters. The fourth-order valence-corrected chi connectivity index (χ4v) is 2.72. The van der Waals surface area contributed by atoms with Gasteiger partial charge in [0.15, 0.2) is 5.82 Å². The smallest absolute Gasteiger partial charge is 0.201 e. The van der Waals surface area contributed by atoms with Crippen molar-refractivity contribution in [3.05, 3.63) is 47.8 Å². The average Bonchev–Trinajstić information content (AvgIpc) is 3.08. The van der Waals surface area contributed by atoms with Gasteiger partial charge in [0, 0.05) is 31.7 Å². The first-order valence-corrected chi connectivity index (χ1v) is 9.08. The first-order chi connectivity index (χ1) is 12.7. The second-order valence-electron chi connectivity index (χ2n) is 6.59. The SMILES string of the molecule is CC(C)c1nnc2c(NCc3ccccc3)cc(NCCCCO)nn12. The summed E-state index contributed by atoms with van der Waals surface area (Å²) in [5, 5.41) is 29.0. The number of hydrogen-bond acceptors (Lipinski definition) is 6. The van der Waals surface area contributed by atoms with Crippen molar-refractivity contribution in [1.29, 1.82) is 0 Å². The Bertz CT molecular complexity index is 831. The van der Waals surface area contributed by atoms with Crippen molar-refractivity contribution in [2.75, 3.05) is 23.8 Å². The maximum atomic E-state index is 8.92. The second-order valence-corrected chi connectivity index (χ2v) is 6.59. The van der Waals surface area contributed by atoms with E-state index >= 15 is 0 Å². The van der Waals surface area contributed by atoms with Crippen molar-refractivity contribution >= 4 is 17.2 Å². The van der Waals surface area contributed by atoms with Gasteiger partial charge in [-0.3, -0.25) is 0 Å². The minimum Gasteiger partial charge on any atom is -0.396 e. The lowest BCUT2D eigenvalue weighted by atomic mass is 10.2. The van der Waals surface area contributed by atoms with E-state index in [1.807, 2.05) is 28.8 Å². The molecule has 3 aromatic rings. The number of rotatable bonds is 9. The van der Waals surface area contributed by atoms with E-state index in [-0.39, 0.29) is 12.5 Å². The summed E-state index contributed by atoms with van der Waals surface area (Å²) in [7, 11) is 0. The number of aliphatic hydroxyl groups is 1. The molecule has 0 spiro atoms. The molecule has 0 aliphatic rings. The van der Waals surface area contributed by atoms with Crippen LogP contribution in [0, 0.1) is 0 Å². The average molecular weight is 354 g/mol. The molecule has 0 radical (unpaired) electrons. The predicted molar refractivity (Wildman–Crippen MR) is 103 cm³/mol. The third-order valence-corrected chi connectivity index (χ3v) is 4.13. The molecule has 0 bridgehead atoms. The van der Waals surface area contributed by atoms with Crippen LogP contribution in [0.5, 0.6) is 0 Å². The van der Waals surface area contributed by atoms with Crippen molar-refractivity contribution in [3.63, 3.8) is 0 Å². The Morgan fingerprint density at radius 3 is 2.62 bits per heavy atom. The summed E-state index contributed by atoms with van der Waals surface area (Å²) < 4.78 is 1.81. The number of aliphatic hydroxyl groups excluding tert-OH is 1. The topological polar surface area (TPSA) is 87.4 Å². The largest absolute Gasteiger partial charge is 0.396 e. The fraction of sp³-hybridized carbons (Fsp3) is 0.421. The monoisotopic (exact) mass is 354 g/mol. The van der Waals surface area contributed by atoms with Crippen LogP contribution < -0.4 is 10.6 Å². The summed E-state index contributed by atoms with van der Waals surface area (Å²) in [6.45, 7) is 5.83. The molecule has 0 saturated heterocycles. The van der Waals surface area contributed by atoms with Gasteiger partial charge in [0.2, 0.25) is 5.65 Å². The molecule has 26 heavy (non-hydrogen) atoms. The molecule has 1 aromatic carbocycles. The van der Waals surface area contributed by atoms with Gasteiger partial charge < -0.3 is 15.7 Å². The number of fused-ring (bicyclic) bond motifs is 1. The van der Waals surface area contributed by atoms with Gasteiger partial charge in [-0.25, -0.2) is 0 Å². The molecular formula is C19H26N6O. The van der Waals surface area contributed by atoms with Crippen LogP contribution in [0.1, 0.15) is 44.0 Å². The Morgan fingerprint density at radius 1 is 1.08 bits per heavy atom. The number of nitrogens with one attached hydrogen (secondary N) is 2. The summed E-state index contributed by atoms with van der Waals surface area (Å²) in [6, 6.07) is 12.2. The molecule has 0 aliphatic heterocycles. The molecule has 0 amide bonds. The first-order valence-electron chi connectivity index (χ1n) is 9.08. The molecular weight excluding hydrogens is 328 g/mol. The van der Waals surface area contributed by atoms with E-state index in [0.717, 1.165) is 42.4 Å². The number of nitrogens with zero attached hydrogens (tertiary/aromatic N) is 4. The lowest BCUT2D eigenvalue weighted by molar-refractivity contribution is 0.286. The third kappa shape index (κ3) is 4.29. The van der Waals surface area contributed by atoms with Crippen LogP contribution >= 0.6 is 0 Å². The molecule has 0 unspecified atom stereocenters. The minimum atomic E-state index is 0.209. The van der Waals surface area contributed by atoms with E-state index in [1.54, 1.807) is 0 Å². The molecule has 2 aromatic heterocycles. The molecule has 0 fully saturated rings. The van der Waals surface area contributed by atoms with Crippen LogP contribution in [0.25, 0.3) is 5.65 Å². The number of benzene rings is 1. The highest BCUT2D eigenvalue weighted by atomic mass is 16.2. The van der Waals surface area contributed by atoms with Crippen LogP contribution in [0.3, 0.4) is 0 Å². The fourth-order valence-electron chi connectivity index (χ4n) is 2.72. The quantitative estimate of drug-likeness (QED) is 0.512. The summed E-state index contributed by atoms with van der Waals surface area (Å²) in [6.07, 6.45) is 1.67. The van der Waals surface area contributed by atoms with Gasteiger partial charge in [-0.2, -0.15) is 4.52 Å². The number of hydrogen-bond donors (Lipinski definition) is 3. The first kappa shape index (κ1) is 18.1. The number of unbranched alkanes of at least 4 members (excludes halogenated alkanes) is 1. The second kappa shape index (κ2) is 8.62. The standard InChI is InChI=1S/C19H26N6O/c1-14(2)18-22-23-19-16(21-13-15-8-4-3-5-9-15)12-17(24-25(18)19)20-10-6-7-11-26/h3-5,8-9,12,14,21,26H,6-7,10-11,13H2,1-2H3,(H,20,24). The van der Waals surface area contributed by atoms with Crippen LogP contribution in [0.4, 0.5) is 11.5 Å². The van der Waals surface area contributed by atoms with Crippen LogP contribution in [-0.2, 0) is 6.54 Å². The molecule has 138 valence electrons.